The van der Waals surface area contributed by atoms with E-state index in [0.717, 1.165) is 12.0 Å². The number of unbranched alkanes of at least 4 members (excludes halogenated alkanes) is 2. The summed E-state index contributed by atoms with van der Waals surface area (Å²) in [5.74, 6) is 1.07. The van der Waals surface area contributed by atoms with Gasteiger partial charge in [0.1, 0.15) is 0 Å². The van der Waals surface area contributed by atoms with Crippen molar-refractivity contribution in [3.05, 3.63) is 35.4 Å². The summed E-state index contributed by atoms with van der Waals surface area (Å²) in [6, 6.07) is 8.43. The van der Waals surface area contributed by atoms with Gasteiger partial charge in [0.25, 0.3) is 0 Å². The minimum absolute atomic E-state index is 0.131. The van der Waals surface area contributed by atoms with Crippen LogP contribution in [0, 0.1) is 5.92 Å². The van der Waals surface area contributed by atoms with Gasteiger partial charge in [-0.15, -0.1) is 0 Å². The van der Waals surface area contributed by atoms with Crippen LogP contribution in [0.4, 0.5) is 0 Å². The van der Waals surface area contributed by atoms with Gasteiger partial charge in [-0.25, -0.2) is 0 Å². The molecule has 0 saturated carbocycles. The first-order chi connectivity index (χ1) is 10.1. The number of rotatable bonds is 10. The molecule has 0 fully saturated rings. The Kier molecular flexibility index (Phi) is 8.34. The molecule has 0 amide bonds. The molecular weight excluding hydrogens is 256 g/mol. The van der Waals surface area contributed by atoms with Gasteiger partial charge in [0.05, 0.1) is 0 Å². The molecule has 0 aliphatic rings. The first-order valence-electron chi connectivity index (χ1n) is 8.78. The molecule has 21 heavy (non-hydrogen) atoms. The predicted octanol–water partition coefficient (Wildman–Crippen LogP) is 6.38. The van der Waals surface area contributed by atoms with Crippen LogP contribution >= 0.6 is 0 Å². The lowest BCUT2D eigenvalue weighted by Gasteiger charge is -2.17. The van der Waals surface area contributed by atoms with Crippen LogP contribution in [0.3, 0.4) is 0 Å². The monoisotopic (exact) mass is 288 g/mol. The van der Waals surface area contributed by atoms with Crippen molar-refractivity contribution in [2.75, 3.05) is 0 Å². The summed E-state index contributed by atoms with van der Waals surface area (Å²) in [5, 5.41) is 0. The van der Waals surface area contributed by atoms with Crippen LogP contribution < -0.4 is 0 Å². The lowest BCUT2D eigenvalue weighted by Crippen LogP contribution is -2.10. The number of ketones is 1. The summed E-state index contributed by atoms with van der Waals surface area (Å²) in [7, 11) is 0. The van der Waals surface area contributed by atoms with Crippen molar-refractivity contribution >= 4 is 5.78 Å². The Morgan fingerprint density at radius 3 is 2.14 bits per heavy atom. The molecule has 0 radical (unpaired) electrons. The molecule has 2 atom stereocenters. The Morgan fingerprint density at radius 2 is 1.62 bits per heavy atom. The van der Waals surface area contributed by atoms with E-state index < -0.39 is 0 Å². The third-order valence-corrected chi connectivity index (χ3v) is 4.52. The van der Waals surface area contributed by atoms with Crippen LogP contribution in [0.15, 0.2) is 24.3 Å². The first-order valence-corrected chi connectivity index (χ1v) is 8.78. The van der Waals surface area contributed by atoms with Crippen molar-refractivity contribution in [2.45, 2.75) is 78.6 Å². The smallest absolute Gasteiger partial charge is 0.165 e. The van der Waals surface area contributed by atoms with Crippen molar-refractivity contribution < 1.29 is 4.79 Å². The Morgan fingerprint density at radius 1 is 0.952 bits per heavy atom. The highest BCUT2D eigenvalue weighted by Gasteiger charge is 2.15. The molecule has 0 bridgehead atoms. The maximum atomic E-state index is 12.2. The molecule has 0 heterocycles. The fourth-order valence-electron chi connectivity index (χ4n) is 2.86. The summed E-state index contributed by atoms with van der Waals surface area (Å²) >= 11 is 0. The van der Waals surface area contributed by atoms with E-state index >= 15 is 0 Å². The standard InChI is InChI=1S/C20H32O/c1-5-8-9-11-17(10-6-2)18-12-14-19(15-13-18)20(21)16(4)7-3/h12-17H,5-11H2,1-4H3. The van der Waals surface area contributed by atoms with E-state index in [9.17, 15) is 4.79 Å². The minimum Gasteiger partial charge on any atom is -0.294 e. The average molecular weight is 288 g/mol. The van der Waals surface area contributed by atoms with Gasteiger partial charge in [0.2, 0.25) is 0 Å². The second kappa shape index (κ2) is 9.76. The molecule has 1 aromatic carbocycles. The van der Waals surface area contributed by atoms with E-state index in [4.69, 9.17) is 0 Å². The molecule has 2 unspecified atom stereocenters. The van der Waals surface area contributed by atoms with Gasteiger partial charge in [-0.3, -0.25) is 4.79 Å². The maximum absolute atomic E-state index is 12.2. The Labute approximate surface area is 131 Å². The third-order valence-electron chi connectivity index (χ3n) is 4.52. The number of hydrogen-bond acceptors (Lipinski definition) is 1. The largest absolute Gasteiger partial charge is 0.294 e. The van der Waals surface area contributed by atoms with Gasteiger partial charge >= 0.3 is 0 Å². The lowest BCUT2D eigenvalue weighted by molar-refractivity contribution is 0.0927. The van der Waals surface area contributed by atoms with Gasteiger partial charge in [0.15, 0.2) is 5.78 Å². The molecule has 118 valence electrons. The molecule has 0 aliphatic carbocycles. The van der Waals surface area contributed by atoms with E-state index in [1.165, 1.54) is 44.1 Å². The van der Waals surface area contributed by atoms with Crippen LogP contribution in [0.2, 0.25) is 0 Å². The molecule has 0 saturated heterocycles. The van der Waals surface area contributed by atoms with Gasteiger partial charge in [-0.2, -0.15) is 0 Å². The predicted molar refractivity (Wildman–Crippen MR) is 92.0 cm³/mol. The molecule has 1 nitrogen and oxygen atoms in total. The van der Waals surface area contributed by atoms with Crippen molar-refractivity contribution in [1.82, 2.24) is 0 Å². The highest BCUT2D eigenvalue weighted by molar-refractivity contribution is 5.97. The number of carbonyl (C=O) groups is 1. The van der Waals surface area contributed by atoms with E-state index in [1.807, 2.05) is 19.1 Å². The van der Waals surface area contributed by atoms with Crippen LogP contribution in [0.5, 0.6) is 0 Å². The van der Waals surface area contributed by atoms with E-state index in [0.29, 0.717) is 5.92 Å². The quantitative estimate of drug-likeness (QED) is 0.360. The van der Waals surface area contributed by atoms with Gasteiger partial charge in [0, 0.05) is 11.5 Å². The highest BCUT2D eigenvalue weighted by atomic mass is 16.1. The Balaban J connectivity index is 2.74. The van der Waals surface area contributed by atoms with Crippen molar-refractivity contribution in [3.63, 3.8) is 0 Å². The zero-order valence-corrected chi connectivity index (χ0v) is 14.3. The zero-order valence-electron chi connectivity index (χ0n) is 14.3. The van der Waals surface area contributed by atoms with Crippen LogP contribution in [0.25, 0.3) is 0 Å². The van der Waals surface area contributed by atoms with Gasteiger partial charge in [-0.05, 0) is 30.7 Å². The van der Waals surface area contributed by atoms with E-state index in [-0.39, 0.29) is 11.7 Å². The van der Waals surface area contributed by atoms with E-state index in [1.54, 1.807) is 0 Å². The zero-order chi connectivity index (χ0) is 15.7. The van der Waals surface area contributed by atoms with Crippen LogP contribution in [-0.2, 0) is 0 Å². The van der Waals surface area contributed by atoms with Crippen molar-refractivity contribution in [1.29, 1.82) is 0 Å². The fourth-order valence-corrected chi connectivity index (χ4v) is 2.86. The molecule has 0 N–H and O–H groups in total. The van der Waals surface area contributed by atoms with Crippen LogP contribution in [0.1, 0.15) is 94.5 Å². The number of carbonyl (C=O) groups excluding carboxylic acids is 1. The number of benzene rings is 1. The molecule has 0 aliphatic heterocycles. The number of Topliss-reactive ketones (excluding diaryl/α,β-unsaturated/α-hetero) is 1. The fraction of sp³-hybridized carbons (Fsp3) is 0.650. The summed E-state index contributed by atoms with van der Waals surface area (Å²) in [4.78, 5) is 12.2. The normalized spacial score (nSPS) is 13.9. The molecular formula is C20H32O. The summed E-state index contributed by atoms with van der Waals surface area (Å²) in [6.45, 7) is 8.60. The lowest BCUT2D eigenvalue weighted by atomic mass is 9.88. The Bertz CT molecular complexity index is 404. The third kappa shape index (κ3) is 5.65. The van der Waals surface area contributed by atoms with Gasteiger partial charge < -0.3 is 0 Å². The number of hydrogen-bond donors (Lipinski definition) is 0. The van der Waals surface area contributed by atoms with E-state index in [2.05, 4.69) is 32.9 Å². The van der Waals surface area contributed by atoms with Gasteiger partial charge in [-0.1, -0.05) is 77.6 Å². The Hall–Kier alpha value is -1.11. The second-order valence-corrected chi connectivity index (χ2v) is 6.28. The first kappa shape index (κ1) is 17.9. The van der Waals surface area contributed by atoms with Crippen LogP contribution in [-0.4, -0.2) is 5.78 Å². The summed E-state index contributed by atoms with van der Waals surface area (Å²) in [5.41, 5.74) is 2.28. The second-order valence-electron chi connectivity index (χ2n) is 6.28. The maximum Gasteiger partial charge on any atom is 0.165 e. The molecule has 1 rings (SSSR count). The molecule has 1 aromatic rings. The summed E-state index contributed by atoms with van der Waals surface area (Å²) in [6.07, 6.45) is 8.59. The molecule has 1 heteroatoms. The van der Waals surface area contributed by atoms with Crippen molar-refractivity contribution in [3.8, 4) is 0 Å². The highest BCUT2D eigenvalue weighted by Crippen LogP contribution is 2.28. The SMILES string of the molecule is CCCCCC(CCC)c1ccc(C(=O)C(C)CC)cc1. The van der Waals surface area contributed by atoms with Crippen molar-refractivity contribution in [2.24, 2.45) is 5.92 Å². The average Bonchev–Trinajstić information content (AvgIpc) is 2.53. The molecule has 0 aromatic heterocycles. The summed E-state index contributed by atoms with van der Waals surface area (Å²) < 4.78 is 0. The molecule has 0 spiro atoms. The topological polar surface area (TPSA) is 17.1 Å². The minimum atomic E-state index is 0.131.